The molecule has 2 aromatic carbocycles. The van der Waals surface area contributed by atoms with Crippen molar-refractivity contribution in [2.75, 3.05) is 14.2 Å². The highest BCUT2D eigenvalue weighted by atomic mass is 16.5. The second-order valence-corrected chi connectivity index (χ2v) is 5.27. The summed E-state index contributed by atoms with van der Waals surface area (Å²) >= 11 is 0. The zero-order valence-electron chi connectivity index (χ0n) is 13.1. The molecular weight excluding hydrogens is 262 g/mol. The summed E-state index contributed by atoms with van der Waals surface area (Å²) in [6.07, 6.45) is -0.169. The second-order valence-electron chi connectivity index (χ2n) is 5.27. The highest BCUT2D eigenvalue weighted by Crippen LogP contribution is 2.34. The molecule has 2 unspecified atom stereocenters. The summed E-state index contributed by atoms with van der Waals surface area (Å²) in [5, 5.41) is 0. The van der Waals surface area contributed by atoms with Gasteiger partial charge in [0.25, 0.3) is 0 Å². The van der Waals surface area contributed by atoms with E-state index in [0.29, 0.717) is 0 Å². The van der Waals surface area contributed by atoms with Gasteiger partial charge in [0.1, 0.15) is 11.9 Å². The fourth-order valence-corrected chi connectivity index (χ4v) is 2.69. The van der Waals surface area contributed by atoms with E-state index in [-0.39, 0.29) is 12.1 Å². The molecule has 3 heteroatoms. The van der Waals surface area contributed by atoms with Gasteiger partial charge in [-0.15, -0.1) is 0 Å². The number of aryl methyl sites for hydroxylation is 2. The average Bonchev–Trinajstić information content (AvgIpc) is 2.50. The van der Waals surface area contributed by atoms with Crippen molar-refractivity contribution in [2.45, 2.75) is 26.0 Å². The molecule has 3 nitrogen and oxygen atoms in total. The van der Waals surface area contributed by atoms with Crippen molar-refractivity contribution in [3.8, 4) is 5.75 Å². The van der Waals surface area contributed by atoms with Gasteiger partial charge in [-0.1, -0.05) is 36.4 Å². The molecule has 2 N–H and O–H groups in total. The van der Waals surface area contributed by atoms with E-state index in [0.717, 1.165) is 28.0 Å². The summed E-state index contributed by atoms with van der Waals surface area (Å²) in [6, 6.07) is 14.0. The van der Waals surface area contributed by atoms with Gasteiger partial charge in [-0.05, 0) is 42.2 Å². The molecule has 0 aliphatic carbocycles. The third-order valence-corrected chi connectivity index (χ3v) is 3.85. The van der Waals surface area contributed by atoms with Crippen molar-refractivity contribution in [3.05, 3.63) is 64.7 Å². The molecule has 2 atom stereocenters. The van der Waals surface area contributed by atoms with E-state index in [9.17, 15) is 0 Å². The van der Waals surface area contributed by atoms with Crippen LogP contribution in [0.4, 0.5) is 0 Å². The fraction of sp³-hybridized carbons (Fsp3) is 0.333. The van der Waals surface area contributed by atoms with Gasteiger partial charge in [0.15, 0.2) is 0 Å². The minimum atomic E-state index is -0.220. The van der Waals surface area contributed by atoms with Crippen LogP contribution in [0.5, 0.6) is 5.75 Å². The van der Waals surface area contributed by atoms with Crippen LogP contribution in [0.15, 0.2) is 42.5 Å². The molecule has 112 valence electrons. The molecule has 2 rings (SSSR count). The Morgan fingerprint density at radius 1 is 0.952 bits per heavy atom. The van der Waals surface area contributed by atoms with Crippen LogP contribution in [-0.2, 0) is 4.74 Å². The van der Waals surface area contributed by atoms with Crippen molar-refractivity contribution < 1.29 is 9.47 Å². The van der Waals surface area contributed by atoms with Crippen LogP contribution >= 0.6 is 0 Å². The van der Waals surface area contributed by atoms with Crippen molar-refractivity contribution in [2.24, 2.45) is 5.73 Å². The van der Waals surface area contributed by atoms with Crippen molar-refractivity contribution in [1.29, 1.82) is 0 Å². The first-order valence-corrected chi connectivity index (χ1v) is 7.07. The Morgan fingerprint density at radius 2 is 1.62 bits per heavy atom. The summed E-state index contributed by atoms with van der Waals surface area (Å²) in [5.74, 6) is 0.886. The quantitative estimate of drug-likeness (QED) is 0.911. The predicted molar refractivity (Wildman–Crippen MR) is 85.6 cm³/mol. The fourth-order valence-electron chi connectivity index (χ4n) is 2.69. The highest BCUT2D eigenvalue weighted by Gasteiger charge is 2.23. The number of hydrogen-bond acceptors (Lipinski definition) is 3. The van der Waals surface area contributed by atoms with E-state index >= 15 is 0 Å². The predicted octanol–water partition coefficient (Wildman–Crippen LogP) is 3.70. The monoisotopic (exact) mass is 285 g/mol. The van der Waals surface area contributed by atoms with Gasteiger partial charge >= 0.3 is 0 Å². The van der Waals surface area contributed by atoms with Crippen LogP contribution in [0, 0.1) is 13.8 Å². The Balaban J connectivity index is 2.38. The Bertz CT molecular complexity index is 596. The molecule has 0 saturated heterocycles. The van der Waals surface area contributed by atoms with Crippen LogP contribution in [0.3, 0.4) is 0 Å². The summed E-state index contributed by atoms with van der Waals surface area (Å²) in [4.78, 5) is 0. The summed E-state index contributed by atoms with van der Waals surface area (Å²) in [5.41, 5.74) is 10.8. The van der Waals surface area contributed by atoms with E-state index in [1.807, 2.05) is 43.3 Å². The largest absolute Gasteiger partial charge is 0.496 e. The summed E-state index contributed by atoms with van der Waals surface area (Å²) < 4.78 is 11.0. The molecule has 0 spiro atoms. The number of ether oxygens (including phenoxy) is 2. The van der Waals surface area contributed by atoms with Gasteiger partial charge in [0.2, 0.25) is 0 Å². The maximum Gasteiger partial charge on any atom is 0.122 e. The van der Waals surface area contributed by atoms with Gasteiger partial charge in [0.05, 0.1) is 13.2 Å². The minimum absolute atomic E-state index is 0.169. The van der Waals surface area contributed by atoms with Crippen molar-refractivity contribution in [1.82, 2.24) is 0 Å². The van der Waals surface area contributed by atoms with E-state index in [4.69, 9.17) is 15.2 Å². The third-order valence-electron chi connectivity index (χ3n) is 3.85. The molecule has 0 fully saturated rings. The van der Waals surface area contributed by atoms with Crippen LogP contribution in [0.1, 0.15) is 34.4 Å². The second kappa shape index (κ2) is 6.74. The molecular formula is C18H23NO2. The molecule has 0 aliphatic rings. The lowest BCUT2D eigenvalue weighted by Gasteiger charge is -2.25. The van der Waals surface area contributed by atoms with E-state index in [1.165, 1.54) is 0 Å². The molecule has 0 bridgehead atoms. The zero-order chi connectivity index (χ0) is 15.4. The zero-order valence-corrected chi connectivity index (χ0v) is 13.1. The van der Waals surface area contributed by atoms with Gasteiger partial charge in [-0.3, -0.25) is 0 Å². The smallest absolute Gasteiger partial charge is 0.122 e. The molecule has 0 aliphatic heterocycles. The maximum atomic E-state index is 6.48. The normalized spacial score (nSPS) is 13.8. The Kier molecular flexibility index (Phi) is 4.99. The first-order valence-electron chi connectivity index (χ1n) is 7.07. The topological polar surface area (TPSA) is 44.5 Å². The molecule has 21 heavy (non-hydrogen) atoms. The first kappa shape index (κ1) is 15.5. The van der Waals surface area contributed by atoms with Gasteiger partial charge in [-0.25, -0.2) is 0 Å². The lowest BCUT2D eigenvalue weighted by atomic mass is 9.92. The molecule has 0 aromatic heterocycles. The van der Waals surface area contributed by atoms with Gasteiger partial charge in [-0.2, -0.15) is 0 Å². The number of nitrogens with two attached hydrogens (primary N) is 1. The van der Waals surface area contributed by atoms with Gasteiger partial charge in [0, 0.05) is 7.11 Å². The van der Waals surface area contributed by atoms with Crippen LogP contribution < -0.4 is 10.5 Å². The number of benzene rings is 2. The first-order chi connectivity index (χ1) is 10.1. The van der Waals surface area contributed by atoms with Crippen LogP contribution in [-0.4, -0.2) is 14.2 Å². The maximum absolute atomic E-state index is 6.48. The molecule has 0 heterocycles. The lowest BCUT2D eigenvalue weighted by Crippen LogP contribution is -2.22. The summed E-state index contributed by atoms with van der Waals surface area (Å²) in [7, 11) is 3.38. The average molecular weight is 285 g/mol. The van der Waals surface area contributed by atoms with E-state index in [1.54, 1.807) is 14.2 Å². The SMILES string of the molecule is COc1cc(C)c(C(N)C(OC)c2ccccc2)cc1C. The highest BCUT2D eigenvalue weighted by molar-refractivity contribution is 5.43. The third kappa shape index (κ3) is 3.26. The number of hydrogen-bond donors (Lipinski definition) is 1. The Labute approximate surface area is 126 Å². The molecule has 0 saturated carbocycles. The molecule has 0 radical (unpaired) electrons. The Morgan fingerprint density at radius 3 is 2.19 bits per heavy atom. The van der Waals surface area contributed by atoms with E-state index < -0.39 is 0 Å². The molecule has 2 aromatic rings. The van der Waals surface area contributed by atoms with Crippen molar-refractivity contribution in [3.63, 3.8) is 0 Å². The summed E-state index contributed by atoms with van der Waals surface area (Å²) in [6.45, 7) is 4.08. The van der Waals surface area contributed by atoms with Crippen LogP contribution in [0.2, 0.25) is 0 Å². The number of methoxy groups -OCH3 is 2. The standard InChI is InChI=1S/C18H23NO2/c1-12-11-16(20-3)13(2)10-15(12)17(19)18(21-4)14-8-6-5-7-9-14/h5-11,17-18H,19H2,1-4H3. The van der Waals surface area contributed by atoms with Crippen molar-refractivity contribution >= 4 is 0 Å². The van der Waals surface area contributed by atoms with Crippen LogP contribution in [0.25, 0.3) is 0 Å². The van der Waals surface area contributed by atoms with E-state index in [2.05, 4.69) is 13.0 Å². The Hall–Kier alpha value is -1.84. The van der Waals surface area contributed by atoms with Gasteiger partial charge < -0.3 is 15.2 Å². The number of rotatable bonds is 5. The lowest BCUT2D eigenvalue weighted by molar-refractivity contribution is 0.0800. The molecule has 0 amide bonds. The minimum Gasteiger partial charge on any atom is -0.496 e.